The van der Waals surface area contributed by atoms with E-state index in [1.807, 2.05) is 6.07 Å². The lowest BCUT2D eigenvalue weighted by Crippen LogP contribution is -2.05. The number of esters is 1. The van der Waals surface area contributed by atoms with Crippen LogP contribution in [0.5, 0.6) is 0 Å². The first-order valence-corrected chi connectivity index (χ1v) is 5.79. The summed E-state index contributed by atoms with van der Waals surface area (Å²) in [7, 11) is 1.33. The molecule has 5 heteroatoms. The normalized spacial score (nSPS) is 9.62. The monoisotopic (exact) mass is 301 g/mol. The Morgan fingerprint density at radius 1 is 1.62 bits per heavy atom. The molecule has 3 nitrogen and oxygen atoms in total. The minimum atomic E-state index is -0.341. The number of carbonyl (C=O) groups excluding carboxylic acids is 1. The molecule has 0 heterocycles. The van der Waals surface area contributed by atoms with Gasteiger partial charge in [0.2, 0.25) is 0 Å². The van der Waals surface area contributed by atoms with Gasteiger partial charge < -0.3 is 4.74 Å². The van der Waals surface area contributed by atoms with Crippen LogP contribution in [0.3, 0.4) is 0 Å². The topological polar surface area (TPSA) is 50.1 Å². The third kappa shape index (κ3) is 2.97. The SMILES string of the molecule is COC(=O)Cc1cc(C#N)c(Br)c(CCl)c1. The highest BCUT2D eigenvalue weighted by Crippen LogP contribution is 2.25. The summed E-state index contributed by atoms with van der Waals surface area (Å²) < 4.78 is 5.24. The second-order valence-corrected chi connectivity index (χ2v) is 4.18. The largest absolute Gasteiger partial charge is 0.469 e. The predicted octanol–water partition coefficient (Wildman–Crippen LogP) is 2.78. The fourth-order valence-electron chi connectivity index (χ4n) is 1.27. The molecule has 1 aromatic carbocycles. The van der Waals surface area contributed by atoms with Crippen molar-refractivity contribution in [1.82, 2.24) is 0 Å². The number of benzene rings is 1. The number of methoxy groups -OCH3 is 1. The molecule has 0 unspecified atom stereocenters. The number of carbonyl (C=O) groups is 1. The van der Waals surface area contributed by atoms with E-state index in [0.29, 0.717) is 10.0 Å². The molecular formula is C11H9BrClNO2. The van der Waals surface area contributed by atoms with Crippen LogP contribution in [0.15, 0.2) is 16.6 Å². The number of hydrogen-bond acceptors (Lipinski definition) is 3. The molecule has 0 atom stereocenters. The van der Waals surface area contributed by atoms with Crippen LogP contribution >= 0.6 is 27.5 Å². The summed E-state index contributed by atoms with van der Waals surface area (Å²) >= 11 is 9.04. The van der Waals surface area contributed by atoms with Gasteiger partial charge in [-0.15, -0.1) is 11.6 Å². The van der Waals surface area contributed by atoms with E-state index < -0.39 is 0 Å². The van der Waals surface area contributed by atoms with Crippen LogP contribution in [0.4, 0.5) is 0 Å². The third-order valence-electron chi connectivity index (χ3n) is 2.05. The van der Waals surface area contributed by atoms with E-state index in [1.165, 1.54) is 7.11 Å². The van der Waals surface area contributed by atoms with Gasteiger partial charge in [-0.3, -0.25) is 4.79 Å². The number of hydrogen-bond donors (Lipinski definition) is 0. The molecule has 0 bridgehead atoms. The number of alkyl halides is 1. The van der Waals surface area contributed by atoms with Crippen LogP contribution in [0.1, 0.15) is 16.7 Å². The molecular weight excluding hydrogens is 293 g/mol. The second kappa shape index (κ2) is 5.88. The van der Waals surface area contributed by atoms with Crippen LogP contribution in [-0.2, 0) is 21.8 Å². The van der Waals surface area contributed by atoms with Gasteiger partial charge in [-0.25, -0.2) is 0 Å². The lowest BCUT2D eigenvalue weighted by atomic mass is 10.0. The number of ether oxygens (including phenoxy) is 1. The highest BCUT2D eigenvalue weighted by molar-refractivity contribution is 9.10. The maximum atomic E-state index is 11.1. The van der Waals surface area contributed by atoms with Crippen LogP contribution < -0.4 is 0 Å². The zero-order valence-electron chi connectivity index (χ0n) is 8.59. The number of nitrogens with zero attached hydrogens (tertiary/aromatic N) is 1. The third-order valence-corrected chi connectivity index (χ3v) is 3.27. The molecule has 0 radical (unpaired) electrons. The summed E-state index contributed by atoms with van der Waals surface area (Å²) in [4.78, 5) is 11.1. The number of nitriles is 1. The average Bonchev–Trinajstić information content (AvgIpc) is 2.30. The van der Waals surface area contributed by atoms with Gasteiger partial charge >= 0.3 is 5.97 Å². The number of rotatable bonds is 3. The van der Waals surface area contributed by atoms with E-state index in [9.17, 15) is 4.79 Å². The summed E-state index contributed by atoms with van der Waals surface area (Å²) in [6, 6.07) is 5.48. The van der Waals surface area contributed by atoms with Crippen molar-refractivity contribution in [2.75, 3.05) is 7.11 Å². The van der Waals surface area contributed by atoms with E-state index in [-0.39, 0.29) is 18.3 Å². The minimum Gasteiger partial charge on any atom is -0.469 e. The van der Waals surface area contributed by atoms with Gasteiger partial charge in [0.1, 0.15) is 6.07 Å². The van der Waals surface area contributed by atoms with E-state index in [1.54, 1.807) is 12.1 Å². The Hall–Kier alpha value is -1.05. The molecule has 0 amide bonds. The quantitative estimate of drug-likeness (QED) is 0.637. The smallest absolute Gasteiger partial charge is 0.309 e. The summed E-state index contributed by atoms with van der Waals surface area (Å²) in [5, 5.41) is 8.91. The molecule has 0 saturated carbocycles. The predicted molar refractivity (Wildman–Crippen MR) is 64.1 cm³/mol. The molecule has 0 aliphatic carbocycles. The van der Waals surface area contributed by atoms with Gasteiger partial charge in [-0.05, 0) is 33.1 Å². The standard InChI is InChI=1S/C11H9BrClNO2/c1-16-10(15)4-7-2-8(5-13)11(12)9(3-7)6-14/h2-3H,4-5H2,1H3. The van der Waals surface area contributed by atoms with Gasteiger partial charge in [0.15, 0.2) is 0 Å². The van der Waals surface area contributed by atoms with Gasteiger partial charge in [-0.1, -0.05) is 6.07 Å². The van der Waals surface area contributed by atoms with Crippen LogP contribution in [0, 0.1) is 11.3 Å². The van der Waals surface area contributed by atoms with Crippen LogP contribution in [0.25, 0.3) is 0 Å². The zero-order valence-corrected chi connectivity index (χ0v) is 10.9. The lowest BCUT2D eigenvalue weighted by molar-refractivity contribution is -0.139. The fraction of sp³-hybridized carbons (Fsp3) is 0.273. The first kappa shape index (κ1) is 13.0. The molecule has 0 N–H and O–H groups in total. The van der Waals surface area contributed by atoms with Crippen molar-refractivity contribution < 1.29 is 9.53 Å². The molecule has 0 fully saturated rings. The highest BCUT2D eigenvalue weighted by Gasteiger charge is 2.10. The maximum Gasteiger partial charge on any atom is 0.309 e. The Balaban J connectivity index is 3.13. The van der Waals surface area contributed by atoms with Crippen LogP contribution in [-0.4, -0.2) is 13.1 Å². The van der Waals surface area contributed by atoms with Crippen LogP contribution in [0.2, 0.25) is 0 Å². The molecule has 0 saturated heterocycles. The van der Waals surface area contributed by atoms with Crippen molar-refractivity contribution in [3.05, 3.63) is 33.3 Å². The number of halogens is 2. The van der Waals surface area contributed by atoms with Crippen molar-refractivity contribution in [2.45, 2.75) is 12.3 Å². The first-order chi connectivity index (χ1) is 7.62. The zero-order chi connectivity index (χ0) is 12.1. The maximum absolute atomic E-state index is 11.1. The molecule has 0 aliphatic heterocycles. The molecule has 0 aliphatic rings. The molecule has 16 heavy (non-hydrogen) atoms. The second-order valence-electron chi connectivity index (χ2n) is 3.11. The summed E-state index contributed by atoms with van der Waals surface area (Å²) in [6.45, 7) is 0. The van der Waals surface area contributed by atoms with Crippen molar-refractivity contribution in [3.8, 4) is 6.07 Å². The summed E-state index contributed by atoms with van der Waals surface area (Å²) in [5.41, 5.74) is 1.99. The Labute approximate surface area is 107 Å². The Morgan fingerprint density at radius 3 is 2.81 bits per heavy atom. The van der Waals surface area contributed by atoms with Gasteiger partial charge in [0.25, 0.3) is 0 Å². The van der Waals surface area contributed by atoms with Crippen molar-refractivity contribution >= 4 is 33.5 Å². The van der Waals surface area contributed by atoms with Crippen molar-refractivity contribution in [1.29, 1.82) is 5.26 Å². The summed E-state index contributed by atoms with van der Waals surface area (Å²) in [6.07, 6.45) is 0.141. The fourth-order valence-corrected chi connectivity index (χ4v) is 2.10. The van der Waals surface area contributed by atoms with Gasteiger partial charge in [0.05, 0.1) is 19.1 Å². The highest BCUT2D eigenvalue weighted by atomic mass is 79.9. The van der Waals surface area contributed by atoms with Gasteiger partial charge in [0, 0.05) is 10.4 Å². The van der Waals surface area contributed by atoms with Crippen molar-refractivity contribution in [3.63, 3.8) is 0 Å². The van der Waals surface area contributed by atoms with E-state index in [4.69, 9.17) is 16.9 Å². The Morgan fingerprint density at radius 2 is 2.31 bits per heavy atom. The molecule has 0 spiro atoms. The summed E-state index contributed by atoms with van der Waals surface area (Å²) in [5.74, 6) is -0.0590. The molecule has 1 aromatic rings. The van der Waals surface area contributed by atoms with Crippen molar-refractivity contribution in [2.24, 2.45) is 0 Å². The lowest BCUT2D eigenvalue weighted by Gasteiger charge is -2.06. The Bertz CT molecular complexity index is 454. The minimum absolute atomic E-state index is 0.141. The molecule has 84 valence electrons. The Kier molecular flexibility index (Phi) is 4.78. The van der Waals surface area contributed by atoms with E-state index >= 15 is 0 Å². The first-order valence-electron chi connectivity index (χ1n) is 4.46. The average molecular weight is 303 g/mol. The molecule has 1 rings (SSSR count). The van der Waals surface area contributed by atoms with Gasteiger partial charge in [-0.2, -0.15) is 5.26 Å². The van der Waals surface area contributed by atoms with E-state index in [2.05, 4.69) is 20.7 Å². The molecule has 0 aromatic heterocycles. The van der Waals surface area contributed by atoms with E-state index in [0.717, 1.165) is 11.1 Å².